The summed E-state index contributed by atoms with van der Waals surface area (Å²) in [6.45, 7) is 0. The van der Waals surface area contributed by atoms with Crippen LogP contribution >= 0.6 is 0 Å². The number of hydrogen-bond acceptors (Lipinski definition) is 9. The van der Waals surface area contributed by atoms with Crippen LogP contribution in [-0.4, -0.2) is 49.6 Å². The van der Waals surface area contributed by atoms with E-state index in [1.807, 2.05) is 0 Å². The Hall–Kier alpha value is -1.06. The summed E-state index contributed by atoms with van der Waals surface area (Å²) in [6, 6.07) is 0. The summed E-state index contributed by atoms with van der Waals surface area (Å²) >= 11 is 0. The molecule has 0 aromatic carbocycles. The van der Waals surface area contributed by atoms with E-state index in [2.05, 4.69) is 14.7 Å². The van der Waals surface area contributed by atoms with E-state index in [0.717, 1.165) is 0 Å². The second-order valence-corrected chi connectivity index (χ2v) is 1.07. The molecule has 0 rings (SSSR count). The molecule has 0 aliphatic heterocycles. The van der Waals surface area contributed by atoms with Crippen LogP contribution in [0, 0.1) is 0 Å². The van der Waals surface area contributed by atoms with Crippen molar-refractivity contribution in [1.82, 2.24) is 0 Å². The van der Waals surface area contributed by atoms with E-state index in [-0.39, 0.29) is 39.0 Å². The molecule has 17 heavy (non-hydrogen) atoms. The molecule has 0 saturated heterocycles. The van der Waals surface area contributed by atoms with Gasteiger partial charge in [-0.1, -0.05) is 0 Å². The Balaban J connectivity index is -0.0000000400. The fraction of sp³-hybridized carbons (Fsp3) is 0. The maximum absolute atomic E-state index is 8.90. The topological polar surface area (TPSA) is 200 Å². The van der Waals surface area contributed by atoms with Crippen molar-refractivity contribution in [1.29, 1.82) is 0 Å². The van der Waals surface area contributed by atoms with E-state index >= 15 is 0 Å². The third-order valence-corrected chi connectivity index (χ3v) is 0.234. The van der Waals surface area contributed by atoms with Crippen LogP contribution in [0.4, 0.5) is 14.4 Å². The van der Waals surface area contributed by atoms with Crippen molar-refractivity contribution < 1.29 is 99.1 Å². The Morgan fingerprint density at radius 2 is 0.647 bits per heavy atom. The standard InChI is InChI=1S/3CH2O4.2Rh/c3*2-1(3)5-4;;/h3*4H,(H,2,3);;. The van der Waals surface area contributed by atoms with Crippen LogP contribution in [0.15, 0.2) is 0 Å². The first kappa shape index (κ1) is 29.7. The first-order chi connectivity index (χ1) is 6.81. The van der Waals surface area contributed by atoms with Crippen LogP contribution in [0.5, 0.6) is 0 Å². The Labute approximate surface area is 118 Å². The fourth-order valence-corrected chi connectivity index (χ4v) is 0. The van der Waals surface area contributed by atoms with Gasteiger partial charge in [-0.2, -0.15) is 15.8 Å². The zero-order valence-electron chi connectivity index (χ0n) is 7.30. The van der Waals surface area contributed by atoms with E-state index < -0.39 is 18.5 Å². The second-order valence-electron chi connectivity index (χ2n) is 1.07. The number of rotatable bonds is 0. The van der Waals surface area contributed by atoms with Gasteiger partial charge in [-0.3, -0.25) is 14.7 Å². The van der Waals surface area contributed by atoms with Gasteiger partial charge in [0.05, 0.1) is 0 Å². The molecule has 0 saturated carbocycles. The maximum Gasteiger partial charge on any atom is 0.537 e. The van der Waals surface area contributed by atoms with Gasteiger partial charge in [-0.15, -0.1) is 0 Å². The molecule has 0 amide bonds. The summed E-state index contributed by atoms with van der Waals surface area (Å²) in [4.78, 5) is 34.7. The van der Waals surface area contributed by atoms with E-state index in [1.165, 1.54) is 0 Å². The zero-order valence-corrected chi connectivity index (χ0v) is 10.6. The molecule has 0 fully saturated rings. The fourth-order valence-electron chi connectivity index (χ4n) is 0. The summed E-state index contributed by atoms with van der Waals surface area (Å²) in [5.74, 6) is 0. The summed E-state index contributed by atoms with van der Waals surface area (Å²) in [5, 5.41) is 42.9. The molecule has 0 aromatic rings. The SMILES string of the molecule is O=C(O)OO.O=C(O)OO.O=C(O)OO.[Rh].[Rh]. The molecule has 0 unspecified atom stereocenters. The van der Waals surface area contributed by atoms with Crippen molar-refractivity contribution in [2.24, 2.45) is 0 Å². The summed E-state index contributed by atoms with van der Waals surface area (Å²) in [6.07, 6.45) is -5.07. The van der Waals surface area contributed by atoms with Crippen molar-refractivity contribution in [3.05, 3.63) is 0 Å². The predicted octanol–water partition coefficient (Wildman–Crippen LogP) is 0.457. The Kier molecular flexibility index (Phi) is 42.4. The van der Waals surface area contributed by atoms with Crippen molar-refractivity contribution in [2.45, 2.75) is 0 Å². The van der Waals surface area contributed by atoms with Crippen molar-refractivity contribution in [2.75, 3.05) is 0 Å². The van der Waals surface area contributed by atoms with Gasteiger partial charge in [0.25, 0.3) is 0 Å². The van der Waals surface area contributed by atoms with Gasteiger partial charge in [-0.25, -0.2) is 14.4 Å². The van der Waals surface area contributed by atoms with Gasteiger partial charge in [0, 0.05) is 39.0 Å². The predicted molar refractivity (Wildman–Crippen MR) is 35.2 cm³/mol. The van der Waals surface area contributed by atoms with Gasteiger partial charge < -0.3 is 15.3 Å². The monoisotopic (exact) mass is 440 g/mol. The van der Waals surface area contributed by atoms with Gasteiger partial charge in [0.1, 0.15) is 0 Å². The quantitative estimate of drug-likeness (QED) is 0.132. The van der Waals surface area contributed by atoms with E-state index in [4.69, 9.17) is 45.5 Å². The Morgan fingerprint density at radius 1 is 0.588 bits per heavy atom. The molecule has 0 heterocycles. The normalized spacial score (nSPS) is 5.82. The van der Waals surface area contributed by atoms with Crippen molar-refractivity contribution in [3.63, 3.8) is 0 Å². The van der Waals surface area contributed by atoms with Crippen LogP contribution < -0.4 is 0 Å². The Morgan fingerprint density at radius 3 is 0.647 bits per heavy atom. The molecular formula is C3H6O12Rh2. The van der Waals surface area contributed by atoms with E-state index in [1.54, 1.807) is 0 Å². The minimum absolute atomic E-state index is 0. The molecule has 0 aliphatic rings. The third-order valence-electron chi connectivity index (χ3n) is 0.234. The first-order valence-corrected chi connectivity index (χ1v) is 2.44. The molecule has 0 atom stereocenters. The van der Waals surface area contributed by atoms with Crippen LogP contribution in [0.2, 0.25) is 0 Å². The molecule has 108 valence electrons. The molecule has 6 N–H and O–H groups in total. The molecule has 0 aromatic heterocycles. The molecule has 12 nitrogen and oxygen atoms in total. The van der Waals surface area contributed by atoms with Gasteiger partial charge in [0.15, 0.2) is 0 Å². The van der Waals surface area contributed by atoms with Crippen LogP contribution in [0.25, 0.3) is 0 Å². The molecule has 0 bridgehead atoms. The van der Waals surface area contributed by atoms with Crippen molar-refractivity contribution >= 4 is 18.5 Å². The summed E-state index contributed by atoms with van der Waals surface area (Å²) in [5.41, 5.74) is 0. The minimum atomic E-state index is -1.69. The molecule has 2 radical (unpaired) electrons. The maximum atomic E-state index is 8.90. The smallest absolute Gasteiger partial charge is 0.448 e. The zero-order chi connectivity index (χ0) is 12.9. The number of carboxylic acid groups (broad SMARTS) is 3. The first-order valence-electron chi connectivity index (χ1n) is 2.44. The van der Waals surface area contributed by atoms with E-state index in [0.29, 0.717) is 0 Å². The molecule has 14 heteroatoms. The van der Waals surface area contributed by atoms with Crippen molar-refractivity contribution in [3.8, 4) is 0 Å². The number of hydrogen-bond donors (Lipinski definition) is 6. The number of carbonyl (C=O) groups is 3. The van der Waals surface area contributed by atoms with Gasteiger partial charge >= 0.3 is 18.5 Å². The second kappa shape index (κ2) is 24.3. The van der Waals surface area contributed by atoms with Gasteiger partial charge in [-0.05, 0) is 0 Å². The average Bonchev–Trinajstić information content (AvgIpc) is 2.19. The minimum Gasteiger partial charge on any atom is -0.448 e. The molecule has 0 spiro atoms. The van der Waals surface area contributed by atoms with Crippen LogP contribution in [0.3, 0.4) is 0 Å². The van der Waals surface area contributed by atoms with E-state index in [9.17, 15) is 0 Å². The van der Waals surface area contributed by atoms with Crippen LogP contribution in [0.1, 0.15) is 0 Å². The molecular weight excluding hydrogens is 434 g/mol. The van der Waals surface area contributed by atoms with Crippen LogP contribution in [-0.2, 0) is 53.6 Å². The largest absolute Gasteiger partial charge is 0.537 e. The molecule has 0 aliphatic carbocycles. The summed E-state index contributed by atoms with van der Waals surface area (Å²) in [7, 11) is 0. The van der Waals surface area contributed by atoms with Gasteiger partial charge in [0.2, 0.25) is 0 Å². The third kappa shape index (κ3) is 103. The summed E-state index contributed by atoms with van der Waals surface area (Å²) < 4.78 is 0. The average molecular weight is 440 g/mol. The Bertz CT molecular complexity index is 159.